The van der Waals surface area contributed by atoms with Gasteiger partial charge in [-0.05, 0) is 31.2 Å². The molecule has 0 saturated heterocycles. The van der Waals surface area contributed by atoms with Gasteiger partial charge in [-0.3, -0.25) is 9.59 Å². The van der Waals surface area contributed by atoms with Crippen LogP contribution in [0.25, 0.3) is 0 Å². The summed E-state index contributed by atoms with van der Waals surface area (Å²) in [5.74, 6) is -0.265. The van der Waals surface area contributed by atoms with E-state index in [0.29, 0.717) is 10.7 Å². The summed E-state index contributed by atoms with van der Waals surface area (Å²) in [4.78, 5) is 23.5. The van der Waals surface area contributed by atoms with Crippen LogP contribution in [-0.2, 0) is 11.3 Å². The van der Waals surface area contributed by atoms with Crippen LogP contribution in [0.15, 0.2) is 47.3 Å². The minimum absolute atomic E-state index is 0.0159. The van der Waals surface area contributed by atoms with E-state index in [2.05, 4.69) is 5.32 Å². The molecule has 1 aromatic heterocycles. The second-order valence-electron chi connectivity index (χ2n) is 4.15. The maximum atomic E-state index is 11.9. The van der Waals surface area contributed by atoms with Crippen molar-refractivity contribution in [1.82, 2.24) is 4.57 Å². The van der Waals surface area contributed by atoms with Crippen molar-refractivity contribution in [2.45, 2.75) is 13.5 Å². The number of carbonyl (C=O) groups excluding carboxylic acids is 1. The Kier molecular flexibility index (Phi) is 4.02. The summed E-state index contributed by atoms with van der Waals surface area (Å²) in [6.45, 7) is 1.77. The standard InChI is InChI=1S/C14H13ClN2O2/c1-10-4-2-7-14(19)17(10)9-13(18)16-12-6-3-5-11(15)8-12/h2-8H,9H2,1H3,(H,16,18). The predicted molar refractivity (Wildman–Crippen MR) is 75.5 cm³/mol. The van der Waals surface area contributed by atoms with Gasteiger partial charge >= 0.3 is 0 Å². The van der Waals surface area contributed by atoms with E-state index in [9.17, 15) is 9.59 Å². The largest absolute Gasteiger partial charge is 0.324 e. The quantitative estimate of drug-likeness (QED) is 0.936. The van der Waals surface area contributed by atoms with Crippen molar-refractivity contribution >= 4 is 23.2 Å². The van der Waals surface area contributed by atoms with Gasteiger partial charge in [0.05, 0.1) is 0 Å². The fraction of sp³-hybridized carbons (Fsp3) is 0.143. The van der Waals surface area contributed by atoms with Crippen LogP contribution < -0.4 is 10.9 Å². The Balaban J connectivity index is 2.12. The lowest BCUT2D eigenvalue weighted by atomic mass is 10.3. The number of carbonyl (C=O) groups is 1. The highest BCUT2D eigenvalue weighted by molar-refractivity contribution is 6.30. The van der Waals surface area contributed by atoms with Crippen LogP contribution >= 0.6 is 11.6 Å². The third kappa shape index (κ3) is 3.45. The van der Waals surface area contributed by atoms with Crippen molar-refractivity contribution in [3.63, 3.8) is 0 Å². The SMILES string of the molecule is Cc1cccc(=O)n1CC(=O)Nc1cccc(Cl)c1. The summed E-state index contributed by atoms with van der Waals surface area (Å²) >= 11 is 5.83. The Morgan fingerprint density at radius 2 is 2.00 bits per heavy atom. The summed E-state index contributed by atoms with van der Waals surface area (Å²) in [5.41, 5.74) is 1.16. The van der Waals surface area contributed by atoms with Gasteiger partial charge < -0.3 is 9.88 Å². The molecule has 4 nitrogen and oxygen atoms in total. The van der Waals surface area contributed by atoms with Crippen molar-refractivity contribution in [1.29, 1.82) is 0 Å². The first-order valence-electron chi connectivity index (χ1n) is 5.78. The van der Waals surface area contributed by atoms with Crippen molar-refractivity contribution < 1.29 is 4.79 Å². The Bertz CT molecular complexity index is 664. The lowest BCUT2D eigenvalue weighted by molar-refractivity contribution is -0.116. The van der Waals surface area contributed by atoms with Gasteiger partial charge in [0, 0.05) is 22.5 Å². The van der Waals surface area contributed by atoms with Crippen LogP contribution in [0.2, 0.25) is 5.02 Å². The molecule has 0 atom stereocenters. The summed E-state index contributed by atoms with van der Waals surface area (Å²) in [5, 5.41) is 3.25. The minimum atomic E-state index is -0.265. The lowest BCUT2D eigenvalue weighted by Gasteiger charge is -2.10. The molecular formula is C14H13ClN2O2. The average Bonchev–Trinajstić information content (AvgIpc) is 2.34. The predicted octanol–water partition coefficient (Wildman–Crippen LogP) is 2.45. The Morgan fingerprint density at radius 1 is 1.26 bits per heavy atom. The van der Waals surface area contributed by atoms with E-state index in [1.807, 2.05) is 0 Å². The monoisotopic (exact) mass is 276 g/mol. The first-order chi connectivity index (χ1) is 9.06. The fourth-order valence-corrected chi connectivity index (χ4v) is 1.93. The first-order valence-corrected chi connectivity index (χ1v) is 6.16. The highest BCUT2D eigenvalue weighted by atomic mass is 35.5. The van der Waals surface area contributed by atoms with Crippen LogP contribution in [0.3, 0.4) is 0 Å². The normalized spacial score (nSPS) is 10.2. The second-order valence-corrected chi connectivity index (χ2v) is 4.59. The third-order valence-electron chi connectivity index (χ3n) is 2.68. The molecule has 0 radical (unpaired) electrons. The first kappa shape index (κ1) is 13.4. The summed E-state index contributed by atoms with van der Waals surface area (Å²) in [6, 6.07) is 11.8. The zero-order chi connectivity index (χ0) is 13.8. The molecule has 98 valence electrons. The summed E-state index contributed by atoms with van der Waals surface area (Å²) in [7, 11) is 0. The molecule has 0 saturated carbocycles. The molecule has 0 aliphatic rings. The third-order valence-corrected chi connectivity index (χ3v) is 2.91. The number of halogens is 1. The van der Waals surface area contributed by atoms with Crippen LogP contribution in [0.4, 0.5) is 5.69 Å². The van der Waals surface area contributed by atoms with E-state index in [-0.39, 0.29) is 18.0 Å². The molecule has 0 fully saturated rings. The van der Waals surface area contributed by atoms with E-state index in [1.54, 1.807) is 43.3 Å². The smallest absolute Gasteiger partial charge is 0.251 e. The molecule has 0 aliphatic carbocycles. The van der Waals surface area contributed by atoms with Gasteiger partial charge in [-0.2, -0.15) is 0 Å². The zero-order valence-corrected chi connectivity index (χ0v) is 11.1. The maximum absolute atomic E-state index is 11.9. The summed E-state index contributed by atoms with van der Waals surface area (Å²) in [6.07, 6.45) is 0. The van der Waals surface area contributed by atoms with Crippen LogP contribution in [0, 0.1) is 6.92 Å². The molecule has 2 rings (SSSR count). The van der Waals surface area contributed by atoms with E-state index in [1.165, 1.54) is 10.6 Å². The van der Waals surface area contributed by atoms with Crippen molar-refractivity contribution in [3.8, 4) is 0 Å². The molecule has 1 heterocycles. The molecule has 2 aromatic rings. The molecule has 0 spiro atoms. The molecule has 0 unspecified atom stereocenters. The molecule has 19 heavy (non-hydrogen) atoms. The number of anilines is 1. The lowest BCUT2D eigenvalue weighted by Crippen LogP contribution is -2.28. The molecule has 5 heteroatoms. The highest BCUT2D eigenvalue weighted by Gasteiger charge is 2.07. The van der Waals surface area contributed by atoms with Gasteiger partial charge in [0.2, 0.25) is 5.91 Å². The van der Waals surface area contributed by atoms with E-state index >= 15 is 0 Å². The number of aromatic nitrogens is 1. The van der Waals surface area contributed by atoms with Gasteiger partial charge in [-0.1, -0.05) is 23.7 Å². The van der Waals surface area contributed by atoms with Gasteiger partial charge in [0.1, 0.15) is 6.54 Å². The van der Waals surface area contributed by atoms with Crippen molar-refractivity contribution in [2.75, 3.05) is 5.32 Å². The number of aryl methyl sites for hydroxylation is 1. The summed E-state index contributed by atoms with van der Waals surface area (Å²) < 4.78 is 1.42. The maximum Gasteiger partial charge on any atom is 0.251 e. The molecular weight excluding hydrogens is 264 g/mol. The zero-order valence-electron chi connectivity index (χ0n) is 10.4. The molecule has 0 aliphatic heterocycles. The fourth-order valence-electron chi connectivity index (χ4n) is 1.74. The van der Waals surface area contributed by atoms with Crippen molar-refractivity contribution in [2.24, 2.45) is 0 Å². The number of nitrogens with zero attached hydrogens (tertiary/aromatic N) is 1. The Morgan fingerprint density at radius 3 is 2.68 bits per heavy atom. The number of nitrogens with one attached hydrogen (secondary N) is 1. The van der Waals surface area contributed by atoms with Gasteiger partial charge in [-0.15, -0.1) is 0 Å². The van der Waals surface area contributed by atoms with E-state index in [0.717, 1.165) is 5.69 Å². The molecule has 1 N–H and O–H groups in total. The highest BCUT2D eigenvalue weighted by Crippen LogP contribution is 2.14. The average molecular weight is 277 g/mol. The second kappa shape index (κ2) is 5.71. The number of hydrogen-bond acceptors (Lipinski definition) is 2. The molecule has 0 bridgehead atoms. The van der Waals surface area contributed by atoms with E-state index in [4.69, 9.17) is 11.6 Å². The van der Waals surface area contributed by atoms with Crippen LogP contribution in [0.5, 0.6) is 0 Å². The molecule has 1 aromatic carbocycles. The van der Waals surface area contributed by atoms with Gasteiger partial charge in [0.25, 0.3) is 5.56 Å². The number of pyridine rings is 1. The topological polar surface area (TPSA) is 51.1 Å². The number of hydrogen-bond donors (Lipinski definition) is 1. The van der Waals surface area contributed by atoms with Crippen LogP contribution in [-0.4, -0.2) is 10.5 Å². The number of amides is 1. The number of benzene rings is 1. The van der Waals surface area contributed by atoms with Gasteiger partial charge in [0.15, 0.2) is 0 Å². The number of rotatable bonds is 3. The minimum Gasteiger partial charge on any atom is -0.324 e. The molecule has 1 amide bonds. The Labute approximate surface area is 115 Å². The van der Waals surface area contributed by atoms with Crippen LogP contribution in [0.1, 0.15) is 5.69 Å². The van der Waals surface area contributed by atoms with E-state index < -0.39 is 0 Å². The Hall–Kier alpha value is -2.07. The van der Waals surface area contributed by atoms with Gasteiger partial charge in [-0.25, -0.2) is 0 Å². The van der Waals surface area contributed by atoms with Crippen molar-refractivity contribution in [3.05, 3.63) is 63.5 Å².